The van der Waals surface area contributed by atoms with Gasteiger partial charge in [0.05, 0.1) is 6.61 Å². The molecule has 0 radical (unpaired) electrons. The number of carbonyl (C=O) groups is 2. The van der Waals surface area contributed by atoms with Crippen LogP contribution in [0.5, 0.6) is 0 Å². The SMILES string of the molecule is CCCCCCCCCCCCCCCCCOC(=O)/C=C/C(=O)OC(C(C)C)C(C)C. The van der Waals surface area contributed by atoms with Crippen molar-refractivity contribution in [2.24, 2.45) is 11.8 Å². The van der Waals surface area contributed by atoms with E-state index in [9.17, 15) is 9.59 Å². The predicted molar refractivity (Wildman–Crippen MR) is 135 cm³/mol. The summed E-state index contributed by atoms with van der Waals surface area (Å²) in [6.45, 7) is 10.8. The highest BCUT2D eigenvalue weighted by Crippen LogP contribution is 2.16. The van der Waals surface area contributed by atoms with Crippen LogP contribution < -0.4 is 0 Å². The molecule has 0 aliphatic carbocycles. The first-order chi connectivity index (χ1) is 15.4. The zero-order valence-electron chi connectivity index (χ0n) is 21.8. The fourth-order valence-electron chi connectivity index (χ4n) is 4.05. The van der Waals surface area contributed by atoms with Crippen LogP contribution in [0.1, 0.15) is 131 Å². The second kappa shape index (κ2) is 21.5. The highest BCUT2D eigenvalue weighted by molar-refractivity contribution is 5.91. The molecule has 0 N–H and O–H groups in total. The van der Waals surface area contributed by atoms with Crippen LogP contribution in [0.15, 0.2) is 12.2 Å². The van der Waals surface area contributed by atoms with Gasteiger partial charge in [-0.15, -0.1) is 0 Å². The topological polar surface area (TPSA) is 52.6 Å². The Labute approximate surface area is 198 Å². The molecule has 0 aromatic heterocycles. The van der Waals surface area contributed by atoms with Crippen LogP contribution in [-0.2, 0) is 19.1 Å². The molecule has 0 amide bonds. The van der Waals surface area contributed by atoms with Gasteiger partial charge < -0.3 is 9.47 Å². The van der Waals surface area contributed by atoms with Gasteiger partial charge in [0, 0.05) is 12.2 Å². The van der Waals surface area contributed by atoms with Crippen molar-refractivity contribution in [3.05, 3.63) is 12.2 Å². The molecule has 0 saturated carbocycles. The van der Waals surface area contributed by atoms with E-state index in [0.29, 0.717) is 6.61 Å². The van der Waals surface area contributed by atoms with Crippen molar-refractivity contribution in [3.8, 4) is 0 Å². The molecule has 0 bridgehead atoms. The largest absolute Gasteiger partial charge is 0.463 e. The molecule has 0 rings (SSSR count). The minimum Gasteiger partial charge on any atom is -0.463 e. The van der Waals surface area contributed by atoms with E-state index in [0.717, 1.165) is 12.8 Å². The van der Waals surface area contributed by atoms with E-state index in [1.165, 1.54) is 95.6 Å². The number of carbonyl (C=O) groups excluding carboxylic acids is 2. The third-order valence-electron chi connectivity index (χ3n) is 5.91. The summed E-state index contributed by atoms with van der Waals surface area (Å²) in [5, 5.41) is 0. The van der Waals surface area contributed by atoms with Crippen LogP contribution in [-0.4, -0.2) is 24.6 Å². The Morgan fingerprint density at radius 2 is 0.969 bits per heavy atom. The summed E-state index contributed by atoms with van der Waals surface area (Å²) in [6.07, 6.45) is 21.8. The average molecular weight is 453 g/mol. The third kappa shape index (κ3) is 19.4. The van der Waals surface area contributed by atoms with E-state index in [-0.39, 0.29) is 17.9 Å². The van der Waals surface area contributed by atoms with Gasteiger partial charge in [-0.3, -0.25) is 0 Å². The predicted octanol–water partition coefficient (Wildman–Crippen LogP) is 8.18. The smallest absolute Gasteiger partial charge is 0.331 e. The van der Waals surface area contributed by atoms with Crippen LogP contribution in [0.25, 0.3) is 0 Å². The summed E-state index contributed by atoms with van der Waals surface area (Å²) < 4.78 is 10.6. The minimum atomic E-state index is -0.485. The maximum atomic E-state index is 11.9. The average Bonchev–Trinajstić information content (AvgIpc) is 2.75. The van der Waals surface area contributed by atoms with Gasteiger partial charge in [-0.2, -0.15) is 0 Å². The van der Waals surface area contributed by atoms with Gasteiger partial charge in [-0.25, -0.2) is 9.59 Å². The van der Waals surface area contributed by atoms with E-state index in [1.54, 1.807) is 0 Å². The second-order valence-corrected chi connectivity index (χ2v) is 9.84. The molecule has 0 heterocycles. The Morgan fingerprint density at radius 3 is 1.38 bits per heavy atom. The number of hydrogen-bond acceptors (Lipinski definition) is 4. The van der Waals surface area contributed by atoms with E-state index in [2.05, 4.69) is 6.92 Å². The van der Waals surface area contributed by atoms with Crippen molar-refractivity contribution < 1.29 is 19.1 Å². The number of rotatable bonds is 21. The molecule has 0 spiro atoms. The van der Waals surface area contributed by atoms with Gasteiger partial charge in [-0.05, 0) is 18.3 Å². The minimum absolute atomic E-state index is 0.150. The van der Waals surface area contributed by atoms with Crippen molar-refractivity contribution in [2.45, 2.75) is 137 Å². The summed E-state index contributed by atoms with van der Waals surface area (Å²) in [6, 6.07) is 0. The maximum absolute atomic E-state index is 11.9. The van der Waals surface area contributed by atoms with Crippen molar-refractivity contribution in [1.82, 2.24) is 0 Å². The van der Waals surface area contributed by atoms with Crippen molar-refractivity contribution in [1.29, 1.82) is 0 Å². The molecule has 4 heteroatoms. The number of unbranched alkanes of at least 4 members (excludes halogenated alkanes) is 14. The molecule has 0 aromatic rings. The summed E-state index contributed by atoms with van der Waals surface area (Å²) in [5.74, 6) is -0.479. The number of ether oxygens (including phenoxy) is 2. The Balaban J connectivity index is 3.52. The van der Waals surface area contributed by atoms with Gasteiger partial charge >= 0.3 is 11.9 Å². The lowest BCUT2D eigenvalue weighted by molar-refractivity contribution is -0.148. The lowest BCUT2D eigenvalue weighted by Crippen LogP contribution is -2.28. The highest BCUT2D eigenvalue weighted by Gasteiger charge is 2.20. The normalized spacial score (nSPS) is 11.8. The monoisotopic (exact) mass is 452 g/mol. The quantitative estimate of drug-likeness (QED) is 0.100. The molecular weight excluding hydrogens is 400 g/mol. The van der Waals surface area contributed by atoms with E-state index >= 15 is 0 Å². The molecule has 188 valence electrons. The lowest BCUT2D eigenvalue weighted by atomic mass is 9.96. The fraction of sp³-hybridized carbons (Fsp3) is 0.857. The maximum Gasteiger partial charge on any atom is 0.331 e. The van der Waals surface area contributed by atoms with Gasteiger partial charge in [0.15, 0.2) is 0 Å². The Morgan fingerprint density at radius 1 is 0.594 bits per heavy atom. The summed E-state index contributed by atoms with van der Waals surface area (Å²) in [4.78, 5) is 23.6. The first kappa shape index (κ1) is 30.7. The molecule has 0 fully saturated rings. The zero-order valence-corrected chi connectivity index (χ0v) is 21.8. The van der Waals surface area contributed by atoms with E-state index in [4.69, 9.17) is 9.47 Å². The van der Waals surface area contributed by atoms with Crippen LogP contribution in [0.2, 0.25) is 0 Å². The molecule has 0 aliphatic heterocycles. The second-order valence-electron chi connectivity index (χ2n) is 9.84. The van der Waals surface area contributed by atoms with Crippen LogP contribution in [0.4, 0.5) is 0 Å². The van der Waals surface area contributed by atoms with Crippen molar-refractivity contribution in [3.63, 3.8) is 0 Å². The third-order valence-corrected chi connectivity index (χ3v) is 5.91. The first-order valence-corrected chi connectivity index (χ1v) is 13.4. The van der Waals surface area contributed by atoms with E-state index < -0.39 is 11.9 Å². The van der Waals surface area contributed by atoms with Gasteiger partial charge in [0.1, 0.15) is 6.10 Å². The molecule has 0 aromatic carbocycles. The zero-order chi connectivity index (χ0) is 24.0. The molecule has 32 heavy (non-hydrogen) atoms. The van der Waals surface area contributed by atoms with Gasteiger partial charge in [0.2, 0.25) is 0 Å². The molecular formula is C28H52O4. The fourth-order valence-corrected chi connectivity index (χ4v) is 4.05. The summed E-state index contributed by atoms with van der Waals surface area (Å²) in [7, 11) is 0. The van der Waals surface area contributed by atoms with Crippen LogP contribution in [0, 0.1) is 11.8 Å². The molecule has 0 aliphatic rings. The Kier molecular flexibility index (Phi) is 20.6. The lowest BCUT2D eigenvalue weighted by Gasteiger charge is -2.24. The number of hydrogen-bond donors (Lipinski definition) is 0. The molecule has 0 atom stereocenters. The number of esters is 2. The van der Waals surface area contributed by atoms with Crippen LogP contribution >= 0.6 is 0 Å². The molecule has 4 nitrogen and oxygen atoms in total. The highest BCUT2D eigenvalue weighted by atomic mass is 16.5. The Hall–Kier alpha value is -1.32. The molecule has 0 unspecified atom stereocenters. The van der Waals surface area contributed by atoms with Gasteiger partial charge in [0.25, 0.3) is 0 Å². The van der Waals surface area contributed by atoms with E-state index in [1.807, 2.05) is 27.7 Å². The standard InChI is InChI=1S/C28H52O4/c1-6-7-8-9-10-11-12-13-14-15-16-17-18-19-20-23-31-26(29)21-22-27(30)32-28(24(2)3)25(4)5/h21-22,24-25,28H,6-20,23H2,1-5H3/b22-21+. The Bertz CT molecular complexity index is 474. The van der Waals surface area contributed by atoms with Crippen molar-refractivity contribution in [2.75, 3.05) is 6.61 Å². The summed E-state index contributed by atoms with van der Waals surface area (Å²) >= 11 is 0. The van der Waals surface area contributed by atoms with Gasteiger partial charge in [-0.1, -0.05) is 125 Å². The summed E-state index contributed by atoms with van der Waals surface area (Å²) in [5.41, 5.74) is 0. The van der Waals surface area contributed by atoms with Crippen molar-refractivity contribution >= 4 is 11.9 Å². The van der Waals surface area contributed by atoms with Crippen LogP contribution in [0.3, 0.4) is 0 Å². The molecule has 0 saturated heterocycles. The first-order valence-electron chi connectivity index (χ1n) is 13.4.